The lowest BCUT2D eigenvalue weighted by molar-refractivity contribution is -0.382. The van der Waals surface area contributed by atoms with Gasteiger partial charge < -0.3 is 5.32 Å². The van der Waals surface area contributed by atoms with E-state index in [1.807, 2.05) is 0 Å². The van der Waals surface area contributed by atoms with E-state index in [0.717, 1.165) is 0 Å². The van der Waals surface area contributed by atoms with Crippen molar-refractivity contribution in [2.24, 2.45) is 5.41 Å². The van der Waals surface area contributed by atoms with Crippen molar-refractivity contribution in [1.82, 2.24) is 4.98 Å². The zero-order chi connectivity index (χ0) is 14.0. The number of aromatic nitrogens is 1. The first-order chi connectivity index (χ1) is 8.88. The van der Waals surface area contributed by atoms with Gasteiger partial charge in [0.15, 0.2) is 0 Å². The maximum absolute atomic E-state index is 11.3. The summed E-state index contributed by atoms with van der Waals surface area (Å²) in [6.07, 6.45) is 1.63. The van der Waals surface area contributed by atoms with Crippen LogP contribution in [0.2, 0.25) is 0 Å². The summed E-state index contributed by atoms with van der Waals surface area (Å²) in [7, 11) is 0. The molecule has 0 saturated carbocycles. The number of rotatable bonds is 3. The molecule has 0 aliphatic carbocycles. The third-order valence-corrected chi connectivity index (χ3v) is 2.75. The second kappa shape index (κ2) is 4.84. The Labute approximate surface area is 111 Å². The van der Waals surface area contributed by atoms with E-state index in [1.165, 1.54) is 0 Å². The molecule has 1 heterocycles. The van der Waals surface area contributed by atoms with Crippen LogP contribution in [-0.2, 0) is 0 Å². The van der Waals surface area contributed by atoms with E-state index in [-0.39, 0.29) is 16.0 Å². The number of pyridine rings is 1. The van der Waals surface area contributed by atoms with Gasteiger partial charge in [0, 0.05) is 12.7 Å². The van der Waals surface area contributed by atoms with E-state index < -0.39 is 0 Å². The maximum atomic E-state index is 11.3. The van der Waals surface area contributed by atoms with Gasteiger partial charge in [-0.1, -0.05) is 20.8 Å². The lowest BCUT2D eigenvalue weighted by Gasteiger charge is -2.19. The number of nitrogens with one attached hydrogen (secondary N) is 1. The highest BCUT2D eigenvalue weighted by Gasteiger charge is 2.20. The highest BCUT2D eigenvalue weighted by atomic mass is 16.6. The van der Waals surface area contributed by atoms with Crippen LogP contribution in [0.15, 0.2) is 30.5 Å². The van der Waals surface area contributed by atoms with Crippen molar-refractivity contribution in [1.29, 1.82) is 0 Å². The minimum absolute atomic E-state index is 0.0533. The molecule has 1 N–H and O–H groups in total. The summed E-state index contributed by atoms with van der Waals surface area (Å²) in [5.41, 5.74) is 1.32. The fraction of sp³-hybridized carbons (Fsp3) is 0.357. The number of hydrogen-bond acceptors (Lipinski definition) is 4. The monoisotopic (exact) mass is 259 g/mol. The number of nitro groups is 1. The molecule has 19 heavy (non-hydrogen) atoms. The van der Waals surface area contributed by atoms with E-state index in [1.54, 1.807) is 30.5 Å². The van der Waals surface area contributed by atoms with Gasteiger partial charge in [-0.2, -0.15) is 0 Å². The molecule has 0 spiro atoms. The molecular weight excluding hydrogens is 242 g/mol. The van der Waals surface area contributed by atoms with Crippen LogP contribution in [0.3, 0.4) is 0 Å². The Morgan fingerprint density at radius 2 is 2.05 bits per heavy atom. The van der Waals surface area contributed by atoms with Crippen molar-refractivity contribution in [3.05, 3.63) is 40.6 Å². The molecule has 0 unspecified atom stereocenters. The third kappa shape index (κ3) is 2.99. The van der Waals surface area contributed by atoms with Crippen molar-refractivity contribution in [3.63, 3.8) is 0 Å². The summed E-state index contributed by atoms with van der Waals surface area (Å²) < 4.78 is 0. The molecule has 0 amide bonds. The molecule has 5 nitrogen and oxygen atoms in total. The Balaban J connectivity index is 2.49. The third-order valence-electron chi connectivity index (χ3n) is 2.75. The van der Waals surface area contributed by atoms with E-state index >= 15 is 0 Å². The predicted octanol–water partition coefficient (Wildman–Crippen LogP) is 3.60. The van der Waals surface area contributed by atoms with Crippen molar-refractivity contribution in [2.45, 2.75) is 20.8 Å². The second-order valence-electron chi connectivity index (χ2n) is 5.70. The Bertz CT molecular complexity index is 618. The molecule has 0 atom stereocenters. The van der Waals surface area contributed by atoms with Gasteiger partial charge in [-0.05, 0) is 29.7 Å². The lowest BCUT2D eigenvalue weighted by Crippen LogP contribution is -2.19. The molecule has 100 valence electrons. The van der Waals surface area contributed by atoms with E-state index in [0.29, 0.717) is 23.1 Å². The van der Waals surface area contributed by atoms with Gasteiger partial charge >= 0.3 is 5.69 Å². The minimum Gasteiger partial charge on any atom is -0.379 e. The zero-order valence-electron chi connectivity index (χ0n) is 11.3. The molecule has 0 radical (unpaired) electrons. The first kappa shape index (κ1) is 13.3. The van der Waals surface area contributed by atoms with Crippen LogP contribution in [-0.4, -0.2) is 16.5 Å². The van der Waals surface area contributed by atoms with Crippen molar-refractivity contribution in [2.75, 3.05) is 11.9 Å². The minimum atomic E-state index is -0.352. The fourth-order valence-corrected chi connectivity index (χ4v) is 1.84. The van der Waals surface area contributed by atoms with Crippen LogP contribution in [0.4, 0.5) is 11.4 Å². The molecule has 0 aliphatic rings. The van der Waals surface area contributed by atoms with Crippen molar-refractivity contribution in [3.8, 4) is 0 Å². The quantitative estimate of drug-likeness (QED) is 0.675. The molecule has 1 aromatic heterocycles. The first-order valence-corrected chi connectivity index (χ1v) is 6.14. The topological polar surface area (TPSA) is 68.1 Å². The van der Waals surface area contributed by atoms with E-state index in [4.69, 9.17) is 0 Å². The van der Waals surface area contributed by atoms with Gasteiger partial charge in [-0.25, -0.2) is 0 Å². The van der Waals surface area contributed by atoms with Gasteiger partial charge in [-0.3, -0.25) is 15.1 Å². The summed E-state index contributed by atoms with van der Waals surface area (Å²) in [4.78, 5) is 15.1. The summed E-state index contributed by atoms with van der Waals surface area (Å²) in [5.74, 6) is 0. The highest BCUT2D eigenvalue weighted by Crippen LogP contribution is 2.33. The SMILES string of the molecule is CC(C)(C)CNc1ccc2ncccc2c1[N+](=O)[O-]. The average Bonchev–Trinajstić information content (AvgIpc) is 2.34. The van der Waals surface area contributed by atoms with Crippen molar-refractivity contribution < 1.29 is 4.92 Å². The zero-order valence-corrected chi connectivity index (χ0v) is 11.3. The predicted molar refractivity (Wildman–Crippen MR) is 76.3 cm³/mol. The van der Waals surface area contributed by atoms with Gasteiger partial charge in [0.05, 0.1) is 15.8 Å². The van der Waals surface area contributed by atoms with Crippen LogP contribution in [0, 0.1) is 15.5 Å². The van der Waals surface area contributed by atoms with E-state index in [9.17, 15) is 10.1 Å². The Morgan fingerprint density at radius 1 is 1.32 bits per heavy atom. The summed E-state index contributed by atoms with van der Waals surface area (Å²) in [6, 6.07) is 6.96. The summed E-state index contributed by atoms with van der Waals surface area (Å²) in [6.45, 7) is 6.90. The number of anilines is 1. The highest BCUT2D eigenvalue weighted by molar-refractivity contribution is 5.94. The Hall–Kier alpha value is -2.17. The largest absolute Gasteiger partial charge is 0.379 e. The van der Waals surface area contributed by atoms with E-state index in [2.05, 4.69) is 31.1 Å². The number of hydrogen-bond donors (Lipinski definition) is 1. The molecule has 0 fully saturated rings. The van der Waals surface area contributed by atoms with Crippen LogP contribution in [0.1, 0.15) is 20.8 Å². The molecule has 2 rings (SSSR count). The van der Waals surface area contributed by atoms with Crippen LogP contribution < -0.4 is 5.32 Å². The number of nitro benzene ring substituents is 1. The molecule has 0 saturated heterocycles. The maximum Gasteiger partial charge on any atom is 0.301 e. The number of nitrogens with zero attached hydrogens (tertiary/aromatic N) is 2. The molecule has 1 aromatic carbocycles. The fourth-order valence-electron chi connectivity index (χ4n) is 1.84. The first-order valence-electron chi connectivity index (χ1n) is 6.14. The van der Waals surface area contributed by atoms with Crippen LogP contribution in [0.5, 0.6) is 0 Å². The molecule has 0 bridgehead atoms. The molecule has 5 heteroatoms. The Morgan fingerprint density at radius 3 is 2.68 bits per heavy atom. The molecule has 0 aliphatic heterocycles. The summed E-state index contributed by atoms with van der Waals surface area (Å²) in [5, 5.41) is 15.0. The van der Waals surface area contributed by atoms with Gasteiger partial charge in [-0.15, -0.1) is 0 Å². The van der Waals surface area contributed by atoms with Crippen LogP contribution >= 0.6 is 0 Å². The summed E-state index contributed by atoms with van der Waals surface area (Å²) >= 11 is 0. The van der Waals surface area contributed by atoms with Gasteiger partial charge in [0.1, 0.15) is 5.69 Å². The normalized spacial score (nSPS) is 11.5. The molecule has 2 aromatic rings. The smallest absolute Gasteiger partial charge is 0.301 e. The average molecular weight is 259 g/mol. The van der Waals surface area contributed by atoms with Gasteiger partial charge in [0.25, 0.3) is 0 Å². The number of fused-ring (bicyclic) bond motifs is 1. The van der Waals surface area contributed by atoms with Gasteiger partial charge in [0.2, 0.25) is 0 Å². The number of benzene rings is 1. The lowest BCUT2D eigenvalue weighted by atomic mass is 9.97. The standard InChI is InChI=1S/C14H17N3O2/c1-14(2,3)9-16-12-7-6-11-10(5-4-8-15-11)13(12)17(18)19/h4-8,16H,9H2,1-3H3. The van der Waals surface area contributed by atoms with Crippen LogP contribution in [0.25, 0.3) is 10.9 Å². The Kier molecular flexibility index (Phi) is 3.38. The molecular formula is C14H17N3O2. The van der Waals surface area contributed by atoms with Crippen molar-refractivity contribution >= 4 is 22.3 Å². The second-order valence-corrected chi connectivity index (χ2v) is 5.70.